The first-order valence-corrected chi connectivity index (χ1v) is 10.5. The lowest BCUT2D eigenvalue weighted by atomic mass is 9.96. The number of carbonyl (C=O) groups is 2. The van der Waals surface area contributed by atoms with Gasteiger partial charge in [-0.2, -0.15) is 5.10 Å². The normalized spacial score (nSPS) is 12.3. The van der Waals surface area contributed by atoms with E-state index in [9.17, 15) is 14.0 Å². The second-order valence-corrected chi connectivity index (χ2v) is 7.45. The summed E-state index contributed by atoms with van der Waals surface area (Å²) in [5, 5.41) is 4.53. The van der Waals surface area contributed by atoms with Crippen molar-refractivity contribution in [3.05, 3.63) is 59.5 Å². The van der Waals surface area contributed by atoms with Crippen LogP contribution in [0.1, 0.15) is 23.0 Å². The highest BCUT2D eigenvalue weighted by molar-refractivity contribution is 7.99. The molecule has 0 saturated carbocycles. The van der Waals surface area contributed by atoms with Gasteiger partial charge in [-0.1, -0.05) is 11.9 Å². The highest BCUT2D eigenvalue weighted by Crippen LogP contribution is 2.43. The molecule has 9 heteroatoms. The summed E-state index contributed by atoms with van der Waals surface area (Å²) in [5.74, 6) is -0.835. The number of nitrogens with two attached hydrogens (primary N) is 1. The summed E-state index contributed by atoms with van der Waals surface area (Å²) in [6.07, 6.45) is 1.91. The van der Waals surface area contributed by atoms with Crippen LogP contribution in [0.2, 0.25) is 0 Å². The number of Topliss-reactive ketones (excluding diaryl/α,β-unsaturated/α-hetero) is 1. The van der Waals surface area contributed by atoms with Crippen LogP contribution < -0.4 is 15.4 Å². The van der Waals surface area contributed by atoms with Crippen LogP contribution >= 0.6 is 11.9 Å². The Labute approximate surface area is 177 Å². The van der Waals surface area contributed by atoms with Gasteiger partial charge in [0.2, 0.25) is 5.91 Å². The molecule has 0 unspecified atom stereocenters. The number of hydrogen-bond acceptors (Lipinski definition) is 6. The minimum Gasteiger partial charge on any atom is -0.330 e. The summed E-state index contributed by atoms with van der Waals surface area (Å²) < 4.78 is 18.3. The monoisotopic (exact) mass is 425 g/mol. The fraction of sp³-hybridized carbons (Fsp3) is 0.190. The van der Waals surface area contributed by atoms with Gasteiger partial charge in [0.15, 0.2) is 5.78 Å². The molecule has 2 heterocycles. The predicted octanol–water partition coefficient (Wildman–Crippen LogP) is 3.38. The smallest absolute Gasteiger partial charge is 0.224 e. The van der Waals surface area contributed by atoms with Gasteiger partial charge in [0.25, 0.3) is 0 Å². The Balaban J connectivity index is 2.02. The van der Waals surface area contributed by atoms with Crippen LogP contribution in [-0.2, 0) is 11.3 Å². The minimum absolute atomic E-state index is 0.145. The van der Waals surface area contributed by atoms with Crippen molar-refractivity contribution in [3.63, 3.8) is 0 Å². The Morgan fingerprint density at radius 1 is 1.23 bits per heavy atom. The molecule has 0 radical (unpaired) electrons. The van der Waals surface area contributed by atoms with Crippen molar-refractivity contribution in [2.45, 2.75) is 13.5 Å². The molecule has 154 valence electrons. The van der Waals surface area contributed by atoms with E-state index in [2.05, 4.69) is 9.82 Å². The Bertz CT molecular complexity index is 1140. The van der Waals surface area contributed by atoms with E-state index in [-0.39, 0.29) is 36.3 Å². The number of benzene rings is 2. The van der Waals surface area contributed by atoms with Gasteiger partial charge in [-0.15, -0.1) is 0 Å². The van der Waals surface area contributed by atoms with Crippen molar-refractivity contribution in [3.8, 4) is 16.9 Å². The van der Waals surface area contributed by atoms with Crippen molar-refractivity contribution in [1.29, 1.82) is 0 Å². The molecular formula is C21H20FN5O2S. The van der Waals surface area contributed by atoms with Crippen molar-refractivity contribution < 1.29 is 14.0 Å². The molecule has 30 heavy (non-hydrogen) atoms. The number of fused-ring (bicyclic) bond motifs is 3. The third-order valence-corrected chi connectivity index (χ3v) is 5.40. The second kappa shape index (κ2) is 7.92. The molecule has 0 aliphatic carbocycles. The third-order valence-electron chi connectivity index (χ3n) is 4.96. The highest BCUT2D eigenvalue weighted by atomic mass is 32.2. The Kier molecular flexibility index (Phi) is 5.31. The number of carbonyl (C=O) groups excluding carboxylic acids is 2. The lowest BCUT2D eigenvalue weighted by molar-refractivity contribution is -0.116. The van der Waals surface area contributed by atoms with Gasteiger partial charge < -0.3 is 15.4 Å². The number of aromatic nitrogens is 2. The number of halogens is 1. The molecule has 0 spiro atoms. The van der Waals surface area contributed by atoms with Gasteiger partial charge in [-0.05, 0) is 42.5 Å². The molecule has 1 aromatic heterocycles. The molecular weight excluding hydrogens is 405 g/mol. The molecule has 1 aliphatic rings. The van der Waals surface area contributed by atoms with E-state index < -0.39 is 0 Å². The summed E-state index contributed by atoms with van der Waals surface area (Å²) >= 11 is 1.44. The molecule has 3 N–H and O–H groups in total. The zero-order valence-electron chi connectivity index (χ0n) is 16.5. The van der Waals surface area contributed by atoms with E-state index in [1.807, 2.05) is 24.5 Å². The number of nitrogens with zero attached hydrogens (tertiary/aromatic N) is 3. The molecule has 3 aromatic rings. The van der Waals surface area contributed by atoms with Crippen molar-refractivity contribution in [2.75, 3.05) is 22.4 Å². The number of nitrogens with one attached hydrogen (secondary N) is 1. The molecule has 0 saturated heterocycles. The average Bonchev–Trinajstić information content (AvgIpc) is 3.13. The van der Waals surface area contributed by atoms with Crippen molar-refractivity contribution >= 4 is 35.0 Å². The van der Waals surface area contributed by atoms with E-state index in [0.717, 1.165) is 16.9 Å². The Morgan fingerprint density at radius 2 is 1.97 bits per heavy atom. The van der Waals surface area contributed by atoms with Crippen LogP contribution in [0.4, 0.5) is 15.8 Å². The first-order chi connectivity index (χ1) is 14.4. The summed E-state index contributed by atoms with van der Waals surface area (Å²) in [5.41, 5.74) is 10.1. The number of ketones is 1. The van der Waals surface area contributed by atoms with E-state index in [4.69, 9.17) is 5.73 Å². The van der Waals surface area contributed by atoms with Gasteiger partial charge in [0.1, 0.15) is 11.5 Å². The lowest BCUT2D eigenvalue weighted by Gasteiger charge is -2.30. The number of anilines is 2. The number of rotatable bonds is 5. The molecule has 1 amide bonds. The summed E-state index contributed by atoms with van der Waals surface area (Å²) in [6.45, 7) is 1.49. The van der Waals surface area contributed by atoms with Gasteiger partial charge in [-0.3, -0.25) is 9.59 Å². The fourth-order valence-electron chi connectivity index (χ4n) is 3.63. The molecule has 1 aliphatic heterocycles. The van der Waals surface area contributed by atoms with Crippen LogP contribution in [0, 0.1) is 5.82 Å². The van der Waals surface area contributed by atoms with Crippen LogP contribution in [0.3, 0.4) is 0 Å². The lowest BCUT2D eigenvalue weighted by Crippen LogP contribution is -2.32. The quantitative estimate of drug-likeness (QED) is 0.481. The van der Waals surface area contributed by atoms with E-state index in [1.165, 1.54) is 31.0 Å². The second-order valence-electron chi connectivity index (χ2n) is 6.83. The predicted molar refractivity (Wildman–Crippen MR) is 116 cm³/mol. The number of hydrogen-bond donors (Lipinski definition) is 2. The zero-order chi connectivity index (χ0) is 21.4. The Hall–Kier alpha value is -3.17. The fourth-order valence-corrected chi connectivity index (χ4v) is 4.00. The molecule has 4 rings (SSSR count). The van der Waals surface area contributed by atoms with Crippen LogP contribution in [0.15, 0.2) is 42.5 Å². The maximum Gasteiger partial charge on any atom is 0.224 e. The SMILES string of the molecule is CSNc1ccc2c(c1)-c1c(c(C(=O)CN)nn1-c1ccc(F)cc1)CN2C(C)=O. The molecule has 0 bridgehead atoms. The summed E-state index contributed by atoms with van der Waals surface area (Å²) in [6, 6.07) is 11.5. The molecule has 0 atom stereocenters. The Morgan fingerprint density at radius 3 is 2.60 bits per heavy atom. The average molecular weight is 425 g/mol. The maximum atomic E-state index is 13.5. The van der Waals surface area contributed by atoms with Crippen molar-refractivity contribution in [2.24, 2.45) is 5.73 Å². The maximum absolute atomic E-state index is 13.5. The van der Waals surface area contributed by atoms with E-state index in [1.54, 1.807) is 21.7 Å². The van der Waals surface area contributed by atoms with Gasteiger partial charge in [0, 0.05) is 30.0 Å². The van der Waals surface area contributed by atoms with Gasteiger partial charge in [-0.25, -0.2) is 9.07 Å². The zero-order valence-corrected chi connectivity index (χ0v) is 17.3. The van der Waals surface area contributed by atoms with Crippen LogP contribution in [-0.4, -0.2) is 34.3 Å². The summed E-state index contributed by atoms with van der Waals surface area (Å²) in [7, 11) is 0. The molecule has 2 aromatic carbocycles. The first-order valence-electron chi connectivity index (χ1n) is 9.27. The minimum atomic E-state index is -0.368. The third kappa shape index (κ3) is 3.35. The van der Waals surface area contributed by atoms with Gasteiger partial charge in [0.05, 0.1) is 30.2 Å². The molecule has 7 nitrogen and oxygen atoms in total. The highest BCUT2D eigenvalue weighted by Gasteiger charge is 2.33. The van der Waals surface area contributed by atoms with Crippen LogP contribution in [0.5, 0.6) is 0 Å². The van der Waals surface area contributed by atoms with Crippen LogP contribution in [0.25, 0.3) is 16.9 Å². The standard InChI is InChI=1S/C21H20FN5O2S/c1-12(28)26-11-17-20(19(29)10-23)24-27(15-6-3-13(22)4-7-15)21(17)16-9-14(25-30-2)5-8-18(16)26/h3-9,25H,10-11,23H2,1-2H3. The number of amides is 1. The largest absolute Gasteiger partial charge is 0.330 e. The van der Waals surface area contributed by atoms with E-state index in [0.29, 0.717) is 16.9 Å². The summed E-state index contributed by atoms with van der Waals surface area (Å²) in [4.78, 5) is 26.6. The van der Waals surface area contributed by atoms with Gasteiger partial charge >= 0.3 is 0 Å². The first kappa shape index (κ1) is 20.1. The van der Waals surface area contributed by atoms with Crippen molar-refractivity contribution in [1.82, 2.24) is 9.78 Å². The molecule has 0 fully saturated rings. The topological polar surface area (TPSA) is 93.2 Å². The van der Waals surface area contributed by atoms with E-state index >= 15 is 0 Å².